The lowest BCUT2D eigenvalue weighted by Gasteiger charge is -2.16. The van der Waals surface area contributed by atoms with Crippen molar-refractivity contribution in [2.24, 2.45) is 0 Å². The highest BCUT2D eigenvalue weighted by molar-refractivity contribution is 5.84. The van der Waals surface area contributed by atoms with Crippen LogP contribution >= 0.6 is 0 Å². The van der Waals surface area contributed by atoms with E-state index in [1.807, 2.05) is 32.9 Å². The van der Waals surface area contributed by atoms with Gasteiger partial charge in [-0.1, -0.05) is 17.7 Å². The molecule has 1 aromatic carbocycles. The third-order valence-corrected chi connectivity index (χ3v) is 2.50. The largest absolute Gasteiger partial charge is 0.374 e. The van der Waals surface area contributed by atoms with Gasteiger partial charge in [-0.15, -0.1) is 0 Å². The Morgan fingerprint density at radius 2 is 2.06 bits per heavy atom. The van der Waals surface area contributed by atoms with Crippen LogP contribution in [0.3, 0.4) is 0 Å². The first-order valence-electron chi connectivity index (χ1n) is 5.66. The summed E-state index contributed by atoms with van der Waals surface area (Å²) >= 11 is 0. The van der Waals surface area contributed by atoms with E-state index < -0.39 is 0 Å². The standard InChI is InChI=1S/C13H20N2O/c1-5-14-13(16)11(4)15-12-7-6-9(2)8-10(12)3/h6-8,11,15H,5H2,1-4H3,(H,14,16)/t11-/m1/s1. The summed E-state index contributed by atoms with van der Waals surface area (Å²) in [5, 5.41) is 6.00. The summed E-state index contributed by atoms with van der Waals surface area (Å²) in [6.45, 7) is 8.55. The Labute approximate surface area is 97.2 Å². The Kier molecular flexibility index (Phi) is 4.35. The van der Waals surface area contributed by atoms with E-state index in [0.29, 0.717) is 6.54 Å². The van der Waals surface area contributed by atoms with Crippen molar-refractivity contribution in [1.82, 2.24) is 5.32 Å². The number of anilines is 1. The van der Waals surface area contributed by atoms with E-state index >= 15 is 0 Å². The fourth-order valence-corrected chi connectivity index (χ4v) is 1.60. The number of benzene rings is 1. The predicted octanol–water partition coefficient (Wildman–Crippen LogP) is 2.24. The van der Waals surface area contributed by atoms with E-state index in [1.165, 1.54) is 5.56 Å². The molecular weight excluding hydrogens is 200 g/mol. The van der Waals surface area contributed by atoms with Crippen molar-refractivity contribution in [2.45, 2.75) is 33.7 Å². The summed E-state index contributed by atoms with van der Waals surface area (Å²) < 4.78 is 0. The summed E-state index contributed by atoms with van der Waals surface area (Å²) in [6, 6.07) is 5.95. The van der Waals surface area contributed by atoms with E-state index in [9.17, 15) is 4.79 Å². The van der Waals surface area contributed by atoms with Crippen LogP contribution in [0.5, 0.6) is 0 Å². The lowest BCUT2D eigenvalue weighted by Crippen LogP contribution is -2.37. The van der Waals surface area contributed by atoms with Crippen LogP contribution in [0.4, 0.5) is 5.69 Å². The maximum atomic E-state index is 11.6. The minimum Gasteiger partial charge on any atom is -0.374 e. The Morgan fingerprint density at radius 3 is 2.62 bits per heavy atom. The number of carbonyl (C=O) groups is 1. The first-order chi connectivity index (χ1) is 7.54. The highest BCUT2D eigenvalue weighted by atomic mass is 16.2. The van der Waals surface area contributed by atoms with Crippen molar-refractivity contribution in [2.75, 3.05) is 11.9 Å². The van der Waals surface area contributed by atoms with Gasteiger partial charge in [0.05, 0.1) is 0 Å². The molecule has 1 aromatic rings. The maximum Gasteiger partial charge on any atom is 0.242 e. The van der Waals surface area contributed by atoms with Gasteiger partial charge in [-0.2, -0.15) is 0 Å². The van der Waals surface area contributed by atoms with Crippen LogP contribution < -0.4 is 10.6 Å². The molecule has 0 aliphatic heterocycles. The highest BCUT2D eigenvalue weighted by Gasteiger charge is 2.11. The number of amides is 1. The quantitative estimate of drug-likeness (QED) is 0.817. The van der Waals surface area contributed by atoms with Crippen LogP contribution in [-0.2, 0) is 4.79 Å². The van der Waals surface area contributed by atoms with Gasteiger partial charge in [-0.3, -0.25) is 4.79 Å². The minimum absolute atomic E-state index is 0.0301. The molecule has 0 saturated heterocycles. The number of aryl methyl sites for hydroxylation is 2. The normalized spacial score (nSPS) is 12.0. The van der Waals surface area contributed by atoms with E-state index in [2.05, 4.69) is 23.6 Å². The zero-order chi connectivity index (χ0) is 12.1. The number of carbonyl (C=O) groups excluding carboxylic acids is 1. The maximum absolute atomic E-state index is 11.6. The van der Waals surface area contributed by atoms with Crippen molar-refractivity contribution in [3.05, 3.63) is 29.3 Å². The third kappa shape index (κ3) is 3.26. The Hall–Kier alpha value is -1.51. The van der Waals surface area contributed by atoms with Crippen LogP contribution in [0.2, 0.25) is 0 Å². The summed E-state index contributed by atoms with van der Waals surface area (Å²) in [5.41, 5.74) is 3.41. The molecule has 0 aliphatic rings. The summed E-state index contributed by atoms with van der Waals surface area (Å²) in [5.74, 6) is 0.0301. The Balaban J connectivity index is 2.69. The van der Waals surface area contributed by atoms with Crippen molar-refractivity contribution < 1.29 is 4.79 Å². The van der Waals surface area contributed by atoms with Crippen LogP contribution in [0.15, 0.2) is 18.2 Å². The molecule has 0 aliphatic carbocycles. The smallest absolute Gasteiger partial charge is 0.242 e. The van der Waals surface area contributed by atoms with E-state index in [4.69, 9.17) is 0 Å². The summed E-state index contributed by atoms with van der Waals surface area (Å²) in [7, 11) is 0. The fraction of sp³-hybridized carbons (Fsp3) is 0.462. The number of hydrogen-bond acceptors (Lipinski definition) is 2. The van der Waals surface area contributed by atoms with Crippen LogP contribution in [0.25, 0.3) is 0 Å². The molecule has 2 N–H and O–H groups in total. The number of hydrogen-bond donors (Lipinski definition) is 2. The van der Waals surface area contributed by atoms with Gasteiger partial charge in [-0.25, -0.2) is 0 Å². The van der Waals surface area contributed by atoms with E-state index in [1.54, 1.807) is 0 Å². The molecule has 3 heteroatoms. The van der Waals surface area contributed by atoms with Gasteiger partial charge < -0.3 is 10.6 Å². The molecule has 0 unspecified atom stereocenters. The lowest BCUT2D eigenvalue weighted by atomic mass is 10.1. The zero-order valence-electron chi connectivity index (χ0n) is 10.4. The fourth-order valence-electron chi connectivity index (χ4n) is 1.60. The van der Waals surface area contributed by atoms with Crippen LogP contribution in [0, 0.1) is 13.8 Å². The molecule has 3 nitrogen and oxygen atoms in total. The first kappa shape index (κ1) is 12.6. The molecule has 0 bridgehead atoms. The summed E-state index contributed by atoms with van der Waals surface area (Å²) in [6.07, 6.45) is 0. The summed E-state index contributed by atoms with van der Waals surface area (Å²) in [4.78, 5) is 11.6. The molecule has 0 spiro atoms. The topological polar surface area (TPSA) is 41.1 Å². The lowest BCUT2D eigenvalue weighted by molar-refractivity contribution is -0.121. The van der Waals surface area contributed by atoms with E-state index in [0.717, 1.165) is 11.3 Å². The van der Waals surface area contributed by atoms with Gasteiger partial charge in [0.25, 0.3) is 0 Å². The average Bonchev–Trinajstić information content (AvgIpc) is 2.22. The van der Waals surface area contributed by atoms with Gasteiger partial charge in [-0.05, 0) is 39.3 Å². The van der Waals surface area contributed by atoms with Gasteiger partial charge in [0.2, 0.25) is 5.91 Å². The van der Waals surface area contributed by atoms with Gasteiger partial charge >= 0.3 is 0 Å². The molecule has 0 aromatic heterocycles. The number of nitrogens with one attached hydrogen (secondary N) is 2. The monoisotopic (exact) mass is 220 g/mol. The second-order valence-electron chi connectivity index (χ2n) is 4.08. The molecule has 0 saturated carbocycles. The highest BCUT2D eigenvalue weighted by Crippen LogP contribution is 2.16. The molecule has 88 valence electrons. The molecule has 0 fully saturated rings. The van der Waals surface area contributed by atoms with Gasteiger partial charge in [0, 0.05) is 12.2 Å². The SMILES string of the molecule is CCNC(=O)[C@@H](C)Nc1ccc(C)cc1C. The second-order valence-corrected chi connectivity index (χ2v) is 4.08. The van der Waals surface area contributed by atoms with E-state index in [-0.39, 0.29) is 11.9 Å². The average molecular weight is 220 g/mol. The Morgan fingerprint density at radius 1 is 1.38 bits per heavy atom. The van der Waals surface area contributed by atoms with Gasteiger partial charge in [0.15, 0.2) is 0 Å². The second kappa shape index (κ2) is 5.54. The zero-order valence-corrected chi connectivity index (χ0v) is 10.4. The van der Waals surface area contributed by atoms with Crippen molar-refractivity contribution in [1.29, 1.82) is 0 Å². The molecule has 0 radical (unpaired) electrons. The third-order valence-electron chi connectivity index (χ3n) is 2.50. The van der Waals surface area contributed by atoms with Gasteiger partial charge in [0.1, 0.15) is 6.04 Å². The number of rotatable bonds is 4. The molecule has 1 rings (SSSR count). The molecule has 16 heavy (non-hydrogen) atoms. The van der Waals surface area contributed by atoms with Crippen molar-refractivity contribution in [3.8, 4) is 0 Å². The number of likely N-dealkylation sites (N-methyl/N-ethyl adjacent to an activating group) is 1. The van der Waals surface area contributed by atoms with Crippen LogP contribution in [-0.4, -0.2) is 18.5 Å². The molecule has 1 atom stereocenters. The minimum atomic E-state index is -0.207. The first-order valence-corrected chi connectivity index (χ1v) is 5.66. The molecular formula is C13H20N2O. The predicted molar refractivity (Wildman–Crippen MR) is 67.7 cm³/mol. The van der Waals surface area contributed by atoms with Crippen molar-refractivity contribution >= 4 is 11.6 Å². The van der Waals surface area contributed by atoms with Crippen LogP contribution in [0.1, 0.15) is 25.0 Å². The molecule has 0 heterocycles. The van der Waals surface area contributed by atoms with Crippen molar-refractivity contribution in [3.63, 3.8) is 0 Å². The molecule has 1 amide bonds. The Bertz CT molecular complexity index is 374.